The van der Waals surface area contributed by atoms with Crippen molar-refractivity contribution in [3.05, 3.63) is 28.8 Å². The summed E-state index contributed by atoms with van der Waals surface area (Å²) < 4.78 is 0. The van der Waals surface area contributed by atoms with Crippen molar-refractivity contribution < 1.29 is 19.5 Å². The molecule has 0 saturated carbocycles. The van der Waals surface area contributed by atoms with Crippen molar-refractivity contribution >= 4 is 35.1 Å². The van der Waals surface area contributed by atoms with Crippen molar-refractivity contribution in [1.82, 2.24) is 4.90 Å². The predicted octanol–water partition coefficient (Wildman–Crippen LogP) is 1.45. The molecule has 0 aliphatic carbocycles. The number of carboxylic acids is 1. The van der Waals surface area contributed by atoms with Gasteiger partial charge in [-0.1, -0.05) is 11.6 Å². The molecule has 20 heavy (non-hydrogen) atoms. The van der Waals surface area contributed by atoms with E-state index in [0.29, 0.717) is 6.54 Å². The molecule has 2 amide bonds. The second kappa shape index (κ2) is 5.50. The Morgan fingerprint density at radius 2 is 2.15 bits per heavy atom. The molecule has 1 saturated heterocycles. The number of anilines is 1. The standard InChI is InChI=1S/C13H13ClN2O4/c1-16-6-7(4-11(16)17)12(18)15-10-3-2-8(14)5-9(10)13(19)20/h2-3,5,7H,4,6H2,1H3,(H,15,18)(H,19,20). The van der Waals surface area contributed by atoms with Gasteiger partial charge in [0.2, 0.25) is 11.8 Å². The van der Waals surface area contributed by atoms with Crippen molar-refractivity contribution in [2.45, 2.75) is 6.42 Å². The van der Waals surface area contributed by atoms with E-state index in [1.807, 2.05) is 0 Å². The fraction of sp³-hybridized carbons (Fsp3) is 0.308. The van der Waals surface area contributed by atoms with E-state index < -0.39 is 11.9 Å². The first-order chi connectivity index (χ1) is 9.38. The average molecular weight is 297 g/mol. The Morgan fingerprint density at radius 1 is 1.45 bits per heavy atom. The molecule has 1 atom stereocenters. The minimum atomic E-state index is -1.18. The Balaban J connectivity index is 2.16. The highest BCUT2D eigenvalue weighted by Gasteiger charge is 2.32. The van der Waals surface area contributed by atoms with Crippen LogP contribution in [0.3, 0.4) is 0 Å². The van der Waals surface area contributed by atoms with Gasteiger partial charge in [-0.25, -0.2) is 4.79 Å². The molecule has 0 aromatic heterocycles. The number of rotatable bonds is 3. The van der Waals surface area contributed by atoms with Crippen LogP contribution >= 0.6 is 11.6 Å². The zero-order valence-electron chi connectivity index (χ0n) is 10.7. The Kier molecular flexibility index (Phi) is 3.94. The Labute approximate surface area is 120 Å². The minimum absolute atomic E-state index is 0.0801. The maximum Gasteiger partial charge on any atom is 0.337 e. The number of carbonyl (C=O) groups is 3. The Hall–Kier alpha value is -2.08. The van der Waals surface area contributed by atoms with E-state index in [2.05, 4.69) is 5.32 Å². The van der Waals surface area contributed by atoms with E-state index >= 15 is 0 Å². The molecule has 1 unspecified atom stereocenters. The van der Waals surface area contributed by atoms with Crippen LogP contribution in [0.1, 0.15) is 16.8 Å². The maximum atomic E-state index is 12.0. The maximum absolute atomic E-state index is 12.0. The highest BCUT2D eigenvalue weighted by molar-refractivity contribution is 6.31. The van der Waals surface area contributed by atoms with Gasteiger partial charge in [0.15, 0.2) is 0 Å². The summed E-state index contributed by atoms with van der Waals surface area (Å²) in [5.74, 6) is -2.11. The first kappa shape index (κ1) is 14.3. The molecular weight excluding hydrogens is 284 g/mol. The summed E-state index contributed by atoms with van der Waals surface area (Å²) in [4.78, 5) is 36.0. The molecule has 1 aromatic rings. The Morgan fingerprint density at radius 3 is 2.70 bits per heavy atom. The number of likely N-dealkylation sites (tertiary alicyclic amines) is 1. The van der Waals surface area contributed by atoms with Crippen LogP contribution < -0.4 is 5.32 Å². The van der Waals surface area contributed by atoms with Gasteiger partial charge in [-0.2, -0.15) is 0 Å². The lowest BCUT2D eigenvalue weighted by Crippen LogP contribution is -2.26. The van der Waals surface area contributed by atoms with E-state index in [1.165, 1.54) is 23.1 Å². The van der Waals surface area contributed by atoms with Crippen molar-refractivity contribution in [2.24, 2.45) is 5.92 Å². The van der Waals surface area contributed by atoms with E-state index in [9.17, 15) is 14.4 Å². The number of carbonyl (C=O) groups excluding carboxylic acids is 2. The number of amides is 2. The quantitative estimate of drug-likeness (QED) is 0.884. The van der Waals surface area contributed by atoms with Crippen LogP contribution in [0, 0.1) is 5.92 Å². The van der Waals surface area contributed by atoms with Crippen molar-refractivity contribution in [3.8, 4) is 0 Å². The summed E-state index contributed by atoms with van der Waals surface area (Å²) in [6, 6.07) is 4.20. The van der Waals surface area contributed by atoms with E-state index in [1.54, 1.807) is 7.05 Å². The highest BCUT2D eigenvalue weighted by atomic mass is 35.5. The number of aromatic carboxylic acids is 1. The first-order valence-corrected chi connectivity index (χ1v) is 6.34. The highest BCUT2D eigenvalue weighted by Crippen LogP contribution is 2.23. The molecule has 1 aliphatic rings. The average Bonchev–Trinajstić information content (AvgIpc) is 2.71. The van der Waals surface area contributed by atoms with Crippen LogP contribution in [-0.4, -0.2) is 41.4 Å². The fourth-order valence-corrected chi connectivity index (χ4v) is 2.25. The summed E-state index contributed by atoms with van der Waals surface area (Å²) in [5, 5.41) is 11.9. The van der Waals surface area contributed by atoms with Crippen LogP contribution in [0.15, 0.2) is 18.2 Å². The van der Waals surface area contributed by atoms with Crippen LogP contribution in [-0.2, 0) is 9.59 Å². The third-order valence-electron chi connectivity index (χ3n) is 3.18. The van der Waals surface area contributed by atoms with Gasteiger partial charge in [-0.3, -0.25) is 9.59 Å². The van der Waals surface area contributed by atoms with Crippen LogP contribution in [0.4, 0.5) is 5.69 Å². The third-order valence-corrected chi connectivity index (χ3v) is 3.42. The summed E-state index contributed by atoms with van der Waals surface area (Å²) in [5.41, 5.74) is 0.0948. The van der Waals surface area contributed by atoms with Gasteiger partial charge in [0.1, 0.15) is 0 Å². The number of nitrogens with zero attached hydrogens (tertiary/aromatic N) is 1. The molecule has 0 bridgehead atoms. The van der Waals surface area contributed by atoms with Crippen molar-refractivity contribution in [3.63, 3.8) is 0 Å². The lowest BCUT2D eigenvalue weighted by molar-refractivity contribution is -0.127. The van der Waals surface area contributed by atoms with Gasteiger partial charge in [0.05, 0.1) is 17.2 Å². The smallest absolute Gasteiger partial charge is 0.337 e. The molecule has 2 N–H and O–H groups in total. The molecule has 1 aromatic carbocycles. The minimum Gasteiger partial charge on any atom is -0.478 e. The van der Waals surface area contributed by atoms with E-state index in [-0.39, 0.29) is 34.5 Å². The summed E-state index contributed by atoms with van der Waals surface area (Å²) in [6.45, 7) is 0.334. The molecule has 2 rings (SSSR count). The first-order valence-electron chi connectivity index (χ1n) is 5.96. The van der Waals surface area contributed by atoms with Crippen molar-refractivity contribution in [2.75, 3.05) is 18.9 Å². The monoisotopic (exact) mass is 296 g/mol. The zero-order chi connectivity index (χ0) is 14.9. The molecule has 0 spiro atoms. The fourth-order valence-electron chi connectivity index (χ4n) is 2.08. The molecule has 6 nitrogen and oxygen atoms in total. The SMILES string of the molecule is CN1CC(C(=O)Nc2ccc(Cl)cc2C(=O)O)CC1=O. The van der Waals surface area contributed by atoms with E-state index in [4.69, 9.17) is 16.7 Å². The van der Waals surface area contributed by atoms with Crippen molar-refractivity contribution in [1.29, 1.82) is 0 Å². The van der Waals surface area contributed by atoms with Gasteiger partial charge in [0, 0.05) is 25.0 Å². The van der Waals surface area contributed by atoms with Gasteiger partial charge in [-0.15, -0.1) is 0 Å². The topological polar surface area (TPSA) is 86.7 Å². The predicted molar refractivity (Wildman–Crippen MR) is 72.8 cm³/mol. The molecule has 1 aliphatic heterocycles. The van der Waals surface area contributed by atoms with Crippen LogP contribution in [0.2, 0.25) is 5.02 Å². The lowest BCUT2D eigenvalue weighted by Gasteiger charge is -2.12. The summed E-state index contributed by atoms with van der Waals surface area (Å²) in [6.07, 6.45) is 0.137. The summed E-state index contributed by atoms with van der Waals surface area (Å²) >= 11 is 5.74. The summed E-state index contributed by atoms with van der Waals surface area (Å²) in [7, 11) is 1.63. The van der Waals surface area contributed by atoms with Gasteiger partial charge in [0.25, 0.3) is 0 Å². The second-order valence-corrected chi connectivity index (χ2v) is 5.10. The molecule has 1 fully saturated rings. The second-order valence-electron chi connectivity index (χ2n) is 4.66. The normalized spacial score (nSPS) is 18.2. The number of hydrogen-bond acceptors (Lipinski definition) is 3. The molecule has 7 heteroatoms. The number of hydrogen-bond donors (Lipinski definition) is 2. The van der Waals surface area contributed by atoms with Gasteiger partial charge in [-0.05, 0) is 18.2 Å². The third kappa shape index (κ3) is 2.91. The number of benzene rings is 1. The molecule has 1 heterocycles. The van der Waals surface area contributed by atoms with E-state index in [0.717, 1.165) is 0 Å². The lowest BCUT2D eigenvalue weighted by atomic mass is 10.1. The Bertz CT molecular complexity index is 588. The number of halogens is 1. The molecular formula is C13H13ClN2O4. The van der Waals surface area contributed by atoms with Gasteiger partial charge >= 0.3 is 5.97 Å². The molecule has 0 radical (unpaired) electrons. The van der Waals surface area contributed by atoms with Gasteiger partial charge < -0.3 is 15.3 Å². The van der Waals surface area contributed by atoms with Crippen LogP contribution in [0.5, 0.6) is 0 Å². The van der Waals surface area contributed by atoms with Crippen LogP contribution in [0.25, 0.3) is 0 Å². The number of nitrogens with one attached hydrogen (secondary N) is 1. The largest absolute Gasteiger partial charge is 0.478 e. The number of carboxylic acid groups (broad SMARTS) is 1. The zero-order valence-corrected chi connectivity index (χ0v) is 11.5. The molecule has 106 valence electrons.